The molecule has 0 aromatic heterocycles. The van der Waals surface area contributed by atoms with Gasteiger partial charge in [0.2, 0.25) is 10.0 Å². The van der Waals surface area contributed by atoms with Crippen molar-refractivity contribution in [2.75, 3.05) is 19.4 Å². The third-order valence-electron chi connectivity index (χ3n) is 5.02. The molecule has 0 fully saturated rings. The van der Waals surface area contributed by atoms with E-state index in [-0.39, 0.29) is 36.8 Å². The minimum Gasteiger partial charge on any atom is -0.484 e. The molecule has 1 aliphatic rings. The summed E-state index contributed by atoms with van der Waals surface area (Å²) in [4.78, 5) is 24.7. The Morgan fingerprint density at radius 2 is 1.97 bits per heavy atom. The number of benzene rings is 2. The Balaban J connectivity index is 1.47. The zero-order valence-corrected chi connectivity index (χ0v) is 21.5. The fourth-order valence-electron chi connectivity index (χ4n) is 3.41. The van der Waals surface area contributed by atoms with Gasteiger partial charge in [-0.3, -0.25) is 9.59 Å². The Bertz CT molecular complexity index is 1270. The van der Waals surface area contributed by atoms with Crippen molar-refractivity contribution in [2.24, 2.45) is 0 Å². The Hall–Kier alpha value is -2.86. The van der Waals surface area contributed by atoms with E-state index >= 15 is 0 Å². The van der Waals surface area contributed by atoms with E-state index in [9.17, 15) is 22.4 Å². The van der Waals surface area contributed by atoms with Gasteiger partial charge in [0.05, 0.1) is 17.3 Å². The smallest absolute Gasteiger partial charge is 0.265 e. The van der Waals surface area contributed by atoms with Gasteiger partial charge in [-0.05, 0) is 30.3 Å². The van der Waals surface area contributed by atoms with Crippen LogP contribution in [0.15, 0.2) is 48.7 Å². The third kappa shape index (κ3) is 8.09. The van der Waals surface area contributed by atoms with Crippen LogP contribution in [0.5, 0.6) is 11.5 Å². The van der Waals surface area contributed by atoms with E-state index < -0.39 is 39.8 Å². The summed E-state index contributed by atoms with van der Waals surface area (Å²) in [6, 6.07) is 7.85. The van der Waals surface area contributed by atoms with E-state index in [2.05, 4.69) is 21.9 Å². The molecule has 0 saturated heterocycles. The number of halogens is 3. The highest BCUT2D eigenvalue weighted by Crippen LogP contribution is 2.37. The maximum Gasteiger partial charge on any atom is 0.265 e. The van der Waals surface area contributed by atoms with Crippen LogP contribution in [-0.4, -0.2) is 45.7 Å². The second kappa shape index (κ2) is 11.9. The van der Waals surface area contributed by atoms with Gasteiger partial charge in [0.15, 0.2) is 12.7 Å². The van der Waals surface area contributed by atoms with Gasteiger partial charge in [-0.25, -0.2) is 17.5 Å². The summed E-state index contributed by atoms with van der Waals surface area (Å²) in [6.45, 7) is 3.59. The van der Waals surface area contributed by atoms with Crippen LogP contribution < -0.4 is 24.8 Å². The van der Waals surface area contributed by atoms with E-state index in [0.29, 0.717) is 22.0 Å². The summed E-state index contributed by atoms with van der Waals surface area (Å²) in [5.74, 6) is -1.13. The van der Waals surface area contributed by atoms with Crippen molar-refractivity contribution in [3.8, 4) is 11.5 Å². The summed E-state index contributed by atoms with van der Waals surface area (Å²) in [5.41, 5.74) is 0.848. The number of amides is 2. The highest BCUT2D eigenvalue weighted by molar-refractivity contribution is 7.88. The lowest BCUT2D eigenvalue weighted by molar-refractivity contribution is -0.128. The van der Waals surface area contributed by atoms with Crippen molar-refractivity contribution < 1.29 is 31.9 Å². The van der Waals surface area contributed by atoms with E-state index in [0.717, 1.165) is 12.3 Å². The summed E-state index contributed by atoms with van der Waals surface area (Å²) in [7, 11) is -3.57. The van der Waals surface area contributed by atoms with Crippen LogP contribution in [0.1, 0.15) is 24.4 Å². The number of fused-ring (bicyclic) bond motifs is 1. The summed E-state index contributed by atoms with van der Waals surface area (Å²) in [5, 5.41) is 5.57. The molecular weight excluding hydrogens is 536 g/mol. The molecule has 2 atom stereocenters. The Labute approximate surface area is 218 Å². The highest BCUT2D eigenvalue weighted by Gasteiger charge is 2.34. The van der Waals surface area contributed by atoms with Crippen LogP contribution in [0.4, 0.5) is 4.39 Å². The van der Waals surface area contributed by atoms with Crippen molar-refractivity contribution in [3.63, 3.8) is 0 Å². The van der Waals surface area contributed by atoms with Gasteiger partial charge in [-0.15, -0.1) is 0 Å². The third-order valence-corrected chi connectivity index (χ3v) is 6.28. The van der Waals surface area contributed by atoms with E-state index in [4.69, 9.17) is 32.7 Å². The first-order valence-electron chi connectivity index (χ1n) is 10.7. The summed E-state index contributed by atoms with van der Waals surface area (Å²) in [6.07, 6.45) is 0.296. The van der Waals surface area contributed by atoms with Gasteiger partial charge in [-0.2, -0.15) is 0 Å². The summed E-state index contributed by atoms with van der Waals surface area (Å²) < 4.78 is 50.5. The number of carbonyl (C=O) groups is 2. The predicted molar refractivity (Wildman–Crippen MR) is 133 cm³/mol. The molecule has 0 saturated carbocycles. The lowest BCUT2D eigenvalue weighted by atomic mass is 9.97. The molecule has 2 aromatic carbocycles. The van der Waals surface area contributed by atoms with Crippen molar-refractivity contribution in [2.45, 2.75) is 25.0 Å². The standard InChI is InChI=1S/C23H24Cl2FN3O6S/c1-13(7-8-27-22(30)12-34-15-4-5-17(25)18(26)10-15)28-23(31)21-11-19(29-36(2,32)33)16-9-14(24)3-6-20(16)35-21/h3-6,9-10,19,21,29H,1,7-8,11-12H2,2H3,(H,27,30)(H,28,31)/t19-,21+/m0/s1. The first-order valence-corrected chi connectivity index (χ1v) is 13.3. The van der Waals surface area contributed by atoms with Crippen LogP contribution in [0.2, 0.25) is 10.0 Å². The molecule has 0 spiro atoms. The first-order chi connectivity index (χ1) is 16.9. The number of nitrogens with one attached hydrogen (secondary N) is 3. The second-order valence-corrected chi connectivity index (χ2v) is 10.6. The Morgan fingerprint density at radius 1 is 1.22 bits per heavy atom. The molecule has 36 heavy (non-hydrogen) atoms. The molecule has 1 heterocycles. The molecule has 2 amide bonds. The van der Waals surface area contributed by atoms with Crippen LogP contribution >= 0.6 is 23.2 Å². The van der Waals surface area contributed by atoms with Crippen LogP contribution in [-0.2, 0) is 19.6 Å². The minimum atomic E-state index is -3.57. The highest BCUT2D eigenvalue weighted by atomic mass is 35.5. The molecule has 0 aliphatic carbocycles. The predicted octanol–water partition coefficient (Wildman–Crippen LogP) is 3.09. The quantitative estimate of drug-likeness (QED) is 0.411. The molecule has 13 heteroatoms. The topological polar surface area (TPSA) is 123 Å². The molecule has 194 valence electrons. The van der Waals surface area contributed by atoms with Crippen LogP contribution in [0.25, 0.3) is 0 Å². The molecule has 9 nitrogen and oxygen atoms in total. The van der Waals surface area contributed by atoms with E-state index in [1.54, 1.807) is 18.2 Å². The summed E-state index contributed by atoms with van der Waals surface area (Å²) >= 11 is 11.6. The maximum absolute atomic E-state index is 13.4. The monoisotopic (exact) mass is 559 g/mol. The molecule has 0 unspecified atom stereocenters. The molecular formula is C23H24Cl2FN3O6S. The molecule has 3 N–H and O–H groups in total. The molecule has 0 radical (unpaired) electrons. The maximum atomic E-state index is 13.4. The molecule has 3 rings (SSSR count). The fraction of sp³-hybridized carbons (Fsp3) is 0.304. The van der Waals surface area contributed by atoms with Crippen LogP contribution in [0.3, 0.4) is 0 Å². The first kappa shape index (κ1) is 27.7. The Kier molecular flexibility index (Phi) is 9.18. The zero-order chi connectivity index (χ0) is 26.5. The van der Waals surface area contributed by atoms with Gasteiger partial charge in [0.1, 0.15) is 17.3 Å². The number of rotatable bonds is 10. The van der Waals surface area contributed by atoms with Gasteiger partial charge >= 0.3 is 0 Å². The lowest BCUT2D eigenvalue weighted by Crippen LogP contribution is -2.44. The number of ether oxygens (including phenoxy) is 2. The number of carbonyl (C=O) groups excluding carboxylic acids is 2. The van der Waals surface area contributed by atoms with Crippen LogP contribution in [0, 0.1) is 5.82 Å². The van der Waals surface area contributed by atoms with Crippen molar-refractivity contribution in [3.05, 3.63) is 70.1 Å². The minimum absolute atomic E-state index is 0.0406. The van der Waals surface area contributed by atoms with Crippen molar-refractivity contribution in [1.82, 2.24) is 15.4 Å². The van der Waals surface area contributed by atoms with E-state index in [1.165, 1.54) is 12.1 Å². The van der Waals surface area contributed by atoms with Crippen molar-refractivity contribution in [1.29, 1.82) is 0 Å². The fourth-order valence-corrected chi connectivity index (χ4v) is 4.45. The average Bonchev–Trinajstić information content (AvgIpc) is 2.79. The number of sulfonamides is 1. The molecule has 0 bridgehead atoms. The zero-order valence-electron chi connectivity index (χ0n) is 19.1. The SMILES string of the molecule is C=C(CCNC(=O)COc1ccc(Cl)c(F)c1)NC(=O)[C@H]1C[C@H](NS(C)(=O)=O)c2cc(Cl)ccc2O1. The van der Waals surface area contributed by atoms with Gasteiger partial charge in [-0.1, -0.05) is 29.8 Å². The molecule has 2 aromatic rings. The molecule has 1 aliphatic heterocycles. The normalized spacial score (nSPS) is 16.9. The average molecular weight is 560 g/mol. The number of hydrogen-bond acceptors (Lipinski definition) is 6. The largest absolute Gasteiger partial charge is 0.484 e. The Morgan fingerprint density at radius 3 is 2.67 bits per heavy atom. The number of hydrogen-bond donors (Lipinski definition) is 3. The van der Waals surface area contributed by atoms with Gasteiger partial charge in [0, 0.05) is 41.7 Å². The lowest BCUT2D eigenvalue weighted by Gasteiger charge is -2.31. The van der Waals surface area contributed by atoms with Gasteiger partial charge in [0.25, 0.3) is 11.8 Å². The second-order valence-electron chi connectivity index (χ2n) is 8.02. The van der Waals surface area contributed by atoms with E-state index in [1.807, 2.05) is 0 Å². The van der Waals surface area contributed by atoms with Gasteiger partial charge < -0.3 is 20.1 Å². The van der Waals surface area contributed by atoms with Crippen molar-refractivity contribution >= 4 is 45.0 Å².